The lowest BCUT2D eigenvalue weighted by atomic mass is 10.0. The SMILES string of the molecule is Cc1nc(N[C@H](C)c2cccc(C(F)F)c2F)c2cc3c(cc2n1)OC[C@H]1CN(c2ncc(F)cn2)CCN31. The van der Waals surface area contributed by atoms with E-state index in [1.54, 1.807) is 13.8 Å². The predicted molar refractivity (Wildman–Crippen MR) is 139 cm³/mol. The number of fused-ring (bicyclic) bond motifs is 4. The van der Waals surface area contributed by atoms with Crippen LogP contribution in [0.5, 0.6) is 5.75 Å². The Balaban J connectivity index is 1.31. The molecule has 6 rings (SSSR count). The van der Waals surface area contributed by atoms with Crippen molar-refractivity contribution in [3.8, 4) is 5.75 Å². The summed E-state index contributed by atoms with van der Waals surface area (Å²) in [5.41, 5.74) is 1.01. The van der Waals surface area contributed by atoms with E-state index in [0.29, 0.717) is 60.5 Å². The summed E-state index contributed by atoms with van der Waals surface area (Å²) >= 11 is 0. The second-order valence-corrected chi connectivity index (χ2v) is 9.68. The lowest BCUT2D eigenvalue weighted by Gasteiger charge is -2.45. The molecule has 8 nitrogen and oxygen atoms in total. The fourth-order valence-corrected chi connectivity index (χ4v) is 5.22. The van der Waals surface area contributed by atoms with Gasteiger partial charge in [0.1, 0.15) is 29.8 Å². The molecule has 1 N–H and O–H groups in total. The van der Waals surface area contributed by atoms with E-state index < -0.39 is 29.7 Å². The molecule has 0 bridgehead atoms. The summed E-state index contributed by atoms with van der Waals surface area (Å²) in [6.45, 7) is 5.78. The van der Waals surface area contributed by atoms with Gasteiger partial charge in [0.25, 0.3) is 6.43 Å². The van der Waals surface area contributed by atoms with Crippen molar-refractivity contribution in [3.63, 3.8) is 0 Å². The number of rotatable bonds is 5. The number of piperazine rings is 1. The highest BCUT2D eigenvalue weighted by Gasteiger charge is 2.34. The fraction of sp³-hybridized carbons (Fsp3) is 0.333. The van der Waals surface area contributed by atoms with Crippen molar-refractivity contribution in [1.29, 1.82) is 0 Å². The maximum atomic E-state index is 14.8. The average molecular weight is 540 g/mol. The number of halogens is 4. The van der Waals surface area contributed by atoms with Crippen LogP contribution in [0.25, 0.3) is 10.9 Å². The summed E-state index contributed by atoms with van der Waals surface area (Å²) in [5.74, 6) is 0.709. The van der Waals surface area contributed by atoms with Crippen LogP contribution in [0.2, 0.25) is 0 Å². The largest absolute Gasteiger partial charge is 0.489 e. The van der Waals surface area contributed by atoms with Gasteiger partial charge in [0.15, 0.2) is 5.82 Å². The number of hydrogen-bond donors (Lipinski definition) is 1. The molecule has 12 heteroatoms. The molecular formula is C27H25F4N7O. The van der Waals surface area contributed by atoms with E-state index in [4.69, 9.17) is 4.74 Å². The maximum Gasteiger partial charge on any atom is 0.266 e. The van der Waals surface area contributed by atoms with Crippen LogP contribution in [0.15, 0.2) is 42.7 Å². The molecule has 0 saturated carbocycles. The van der Waals surface area contributed by atoms with Crippen LogP contribution in [-0.2, 0) is 0 Å². The van der Waals surface area contributed by atoms with Gasteiger partial charge >= 0.3 is 0 Å². The lowest BCUT2D eigenvalue weighted by molar-refractivity contribution is 0.146. The number of nitrogens with zero attached hydrogens (tertiary/aromatic N) is 6. The van der Waals surface area contributed by atoms with Crippen LogP contribution < -0.4 is 19.9 Å². The van der Waals surface area contributed by atoms with E-state index in [-0.39, 0.29) is 11.6 Å². The molecule has 2 atom stereocenters. The van der Waals surface area contributed by atoms with Gasteiger partial charge in [-0.3, -0.25) is 0 Å². The van der Waals surface area contributed by atoms with Crippen LogP contribution in [0.3, 0.4) is 0 Å². The molecule has 2 aliphatic heterocycles. The summed E-state index contributed by atoms with van der Waals surface area (Å²) in [6, 6.07) is 7.17. The molecule has 2 aliphatic rings. The molecule has 202 valence electrons. The van der Waals surface area contributed by atoms with Crippen molar-refractivity contribution >= 4 is 28.4 Å². The Morgan fingerprint density at radius 1 is 1.05 bits per heavy atom. The van der Waals surface area contributed by atoms with Crippen LogP contribution in [-0.4, -0.2) is 52.2 Å². The van der Waals surface area contributed by atoms with Crippen LogP contribution in [0.1, 0.15) is 36.3 Å². The fourth-order valence-electron chi connectivity index (χ4n) is 5.22. The van der Waals surface area contributed by atoms with Crippen molar-refractivity contribution in [2.45, 2.75) is 32.4 Å². The van der Waals surface area contributed by atoms with Gasteiger partial charge in [-0.25, -0.2) is 37.5 Å². The Kier molecular flexibility index (Phi) is 6.32. The first-order valence-corrected chi connectivity index (χ1v) is 12.6. The standard InChI is InChI=1S/C27H25F4N7O/c1-14(18-4-3-5-19(24(18)29)25(30)31)34-26-20-8-22-23(9-21(20)35-15(2)36-26)39-13-17-12-37(6-7-38(17)22)27-32-10-16(28)11-33-27/h3-5,8-11,14,17,25H,6-7,12-13H2,1-2H3,(H,34,35,36)/t14-,17-/m1/s1. The molecule has 2 aromatic heterocycles. The summed E-state index contributed by atoms with van der Waals surface area (Å²) in [4.78, 5) is 21.6. The summed E-state index contributed by atoms with van der Waals surface area (Å²) in [6.07, 6.45) is -0.602. The number of anilines is 3. The molecule has 0 radical (unpaired) electrons. The van der Waals surface area contributed by atoms with Crippen molar-refractivity contribution in [3.05, 3.63) is 71.3 Å². The first-order chi connectivity index (χ1) is 18.8. The molecule has 4 heterocycles. The molecule has 0 aliphatic carbocycles. The number of aromatic nitrogens is 4. The average Bonchev–Trinajstić information content (AvgIpc) is 2.92. The Labute approximate surface area is 221 Å². The second kappa shape index (κ2) is 9.83. The van der Waals surface area contributed by atoms with E-state index in [2.05, 4.69) is 30.2 Å². The minimum atomic E-state index is -2.91. The van der Waals surface area contributed by atoms with E-state index in [9.17, 15) is 17.6 Å². The number of hydrogen-bond acceptors (Lipinski definition) is 8. The third kappa shape index (κ3) is 4.64. The molecular weight excluding hydrogens is 514 g/mol. The molecule has 4 aromatic rings. The van der Waals surface area contributed by atoms with Gasteiger partial charge in [0, 0.05) is 36.7 Å². The quantitative estimate of drug-likeness (QED) is 0.347. The van der Waals surface area contributed by atoms with Gasteiger partial charge in [-0.15, -0.1) is 0 Å². The molecule has 1 saturated heterocycles. The van der Waals surface area contributed by atoms with Gasteiger partial charge < -0.3 is 19.9 Å². The highest BCUT2D eigenvalue weighted by molar-refractivity contribution is 5.94. The minimum absolute atomic E-state index is 0.00485. The highest BCUT2D eigenvalue weighted by Crippen LogP contribution is 2.40. The zero-order chi connectivity index (χ0) is 27.3. The van der Waals surface area contributed by atoms with Crippen LogP contribution >= 0.6 is 0 Å². The predicted octanol–water partition coefficient (Wildman–Crippen LogP) is 5.20. The maximum absolute atomic E-state index is 14.8. The summed E-state index contributed by atoms with van der Waals surface area (Å²) in [5, 5.41) is 3.91. The Hall–Kier alpha value is -4.22. The van der Waals surface area contributed by atoms with E-state index in [0.717, 1.165) is 24.1 Å². The van der Waals surface area contributed by atoms with Crippen LogP contribution in [0.4, 0.5) is 35.0 Å². The zero-order valence-electron chi connectivity index (χ0n) is 21.2. The number of aryl methyl sites for hydroxylation is 1. The van der Waals surface area contributed by atoms with Gasteiger partial charge in [0.2, 0.25) is 5.95 Å². The minimum Gasteiger partial charge on any atom is -0.489 e. The number of benzene rings is 2. The third-order valence-electron chi connectivity index (χ3n) is 7.11. The van der Waals surface area contributed by atoms with Crippen molar-refractivity contribution in [2.24, 2.45) is 0 Å². The van der Waals surface area contributed by atoms with Gasteiger partial charge in [0.05, 0.1) is 41.2 Å². The van der Waals surface area contributed by atoms with E-state index >= 15 is 0 Å². The summed E-state index contributed by atoms with van der Waals surface area (Å²) < 4.78 is 60.8. The van der Waals surface area contributed by atoms with Crippen LogP contribution in [0, 0.1) is 18.6 Å². The van der Waals surface area contributed by atoms with Crippen molar-refractivity contribution in [2.75, 3.05) is 41.4 Å². The summed E-state index contributed by atoms with van der Waals surface area (Å²) in [7, 11) is 0. The molecule has 0 amide bonds. The van der Waals surface area contributed by atoms with Gasteiger partial charge in [-0.05, 0) is 19.9 Å². The molecule has 1 fully saturated rings. The second-order valence-electron chi connectivity index (χ2n) is 9.68. The highest BCUT2D eigenvalue weighted by atomic mass is 19.3. The molecule has 2 aromatic carbocycles. The smallest absolute Gasteiger partial charge is 0.266 e. The molecule has 39 heavy (non-hydrogen) atoms. The Morgan fingerprint density at radius 3 is 2.59 bits per heavy atom. The van der Waals surface area contributed by atoms with E-state index in [1.165, 1.54) is 12.1 Å². The Morgan fingerprint density at radius 2 is 1.82 bits per heavy atom. The van der Waals surface area contributed by atoms with Gasteiger partial charge in [-0.2, -0.15) is 0 Å². The molecule has 0 spiro atoms. The normalized spacial score (nSPS) is 17.6. The van der Waals surface area contributed by atoms with E-state index in [1.807, 2.05) is 17.0 Å². The molecule has 0 unspecified atom stereocenters. The van der Waals surface area contributed by atoms with Crippen molar-refractivity contribution in [1.82, 2.24) is 19.9 Å². The number of ether oxygens (including phenoxy) is 1. The number of nitrogens with one attached hydrogen (secondary N) is 1. The zero-order valence-corrected chi connectivity index (χ0v) is 21.2. The number of alkyl halides is 2. The first kappa shape index (κ1) is 25.1. The monoisotopic (exact) mass is 539 g/mol. The lowest BCUT2D eigenvalue weighted by Crippen LogP contribution is -2.57. The first-order valence-electron chi connectivity index (χ1n) is 12.6. The third-order valence-corrected chi connectivity index (χ3v) is 7.11. The van der Waals surface area contributed by atoms with Crippen molar-refractivity contribution < 1.29 is 22.3 Å². The Bertz CT molecular complexity index is 1540. The topological polar surface area (TPSA) is 79.3 Å². The van der Waals surface area contributed by atoms with Gasteiger partial charge in [-0.1, -0.05) is 18.2 Å².